The Morgan fingerprint density at radius 2 is 2.44 bits per heavy atom. The average molecular weight is 226 g/mol. The molecule has 2 saturated heterocycles. The molecule has 2 heterocycles. The number of nitrogens with zero attached hydrogens (tertiary/aromatic N) is 1. The topological polar surface area (TPSA) is 58.6 Å². The van der Waals surface area contributed by atoms with Gasteiger partial charge in [-0.15, -0.1) is 0 Å². The number of likely N-dealkylation sites (tertiary alicyclic amines) is 1. The lowest BCUT2D eigenvalue weighted by Gasteiger charge is -2.21. The van der Waals surface area contributed by atoms with Crippen LogP contribution in [-0.4, -0.2) is 50.1 Å². The zero-order valence-electron chi connectivity index (χ0n) is 9.62. The molecular weight excluding hydrogens is 208 g/mol. The van der Waals surface area contributed by atoms with Crippen LogP contribution in [0.4, 0.5) is 0 Å². The van der Waals surface area contributed by atoms with Gasteiger partial charge in [-0.3, -0.25) is 9.59 Å². The van der Waals surface area contributed by atoms with Gasteiger partial charge in [0.15, 0.2) is 0 Å². The van der Waals surface area contributed by atoms with Crippen LogP contribution in [0.1, 0.15) is 19.3 Å². The second-order valence-electron chi connectivity index (χ2n) is 4.76. The summed E-state index contributed by atoms with van der Waals surface area (Å²) in [4.78, 5) is 24.8. The first-order valence-corrected chi connectivity index (χ1v) is 5.69. The molecule has 2 fully saturated rings. The molecule has 0 aromatic rings. The number of rotatable bonds is 3. The van der Waals surface area contributed by atoms with Gasteiger partial charge >= 0.3 is 0 Å². The Hall–Kier alpha value is -1.10. The molecule has 0 aromatic heterocycles. The summed E-state index contributed by atoms with van der Waals surface area (Å²) in [5.74, 6) is 0.254. The van der Waals surface area contributed by atoms with E-state index in [9.17, 15) is 9.59 Å². The van der Waals surface area contributed by atoms with Crippen molar-refractivity contribution in [3.05, 3.63) is 0 Å². The van der Waals surface area contributed by atoms with Crippen LogP contribution in [0.15, 0.2) is 0 Å². The highest BCUT2D eigenvalue weighted by Gasteiger charge is 2.44. The van der Waals surface area contributed by atoms with E-state index in [0.29, 0.717) is 26.0 Å². The van der Waals surface area contributed by atoms with E-state index in [0.717, 1.165) is 19.5 Å². The fourth-order valence-corrected chi connectivity index (χ4v) is 2.54. The zero-order chi connectivity index (χ0) is 11.6. The third-order valence-electron chi connectivity index (χ3n) is 3.51. The Kier molecular flexibility index (Phi) is 3.14. The van der Waals surface area contributed by atoms with Gasteiger partial charge in [-0.05, 0) is 6.42 Å². The summed E-state index contributed by atoms with van der Waals surface area (Å²) >= 11 is 0. The Labute approximate surface area is 95.1 Å². The van der Waals surface area contributed by atoms with Crippen molar-refractivity contribution in [3.63, 3.8) is 0 Å². The van der Waals surface area contributed by atoms with Crippen molar-refractivity contribution < 1.29 is 14.3 Å². The fraction of sp³-hybridized carbons (Fsp3) is 0.818. The minimum absolute atomic E-state index is 0.0137. The second-order valence-corrected chi connectivity index (χ2v) is 4.76. The molecule has 1 spiro atoms. The van der Waals surface area contributed by atoms with Crippen LogP contribution in [0.5, 0.6) is 0 Å². The number of ether oxygens (including phenoxy) is 1. The van der Waals surface area contributed by atoms with Crippen LogP contribution >= 0.6 is 0 Å². The zero-order valence-corrected chi connectivity index (χ0v) is 9.62. The minimum Gasteiger partial charge on any atom is -0.384 e. The number of hydrogen-bond donors (Lipinski definition) is 1. The lowest BCUT2D eigenvalue weighted by atomic mass is 9.86. The molecule has 0 radical (unpaired) electrons. The smallest absolute Gasteiger partial charge is 0.224 e. The molecule has 0 aliphatic carbocycles. The summed E-state index contributed by atoms with van der Waals surface area (Å²) < 4.78 is 4.89. The summed E-state index contributed by atoms with van der Waals surface area (Å²) in [5, 5.41) is 2.85. The standard InChI is InChI=1S/C11H18N2O3/c1-16-5-2-10(15)13-4-3-11(8-13)6-9(14)12-7-11/h2-8H2,1H3,(H,12,14). The largest absolute Gasteiger partial charge is 0.384 e. The van der Waals surface area contributed by atoms with Crippen molar-refractivity contribution in [1.82, 2.24) is 10.2 Å². The van der Waals surface area contributed by atoms with E-state index in [-0.39, 0.29) is 17.2 Å². The lowest BCUT2D eigenvalue weighted by molar-refractivity contribution is -0.131. The first-order chi connectivity index (χ1) is 7.65. The molecule has 1 atom stereocenters. The van der Waals surface area contributed by atoms with E-state index < -0.39 is 0 Å². The molecule has 16 heavy (non-hydrogen) atoms. The molecule has 2 amide bonds. The van der Waals surface area contributed by atoms with E-state index >= 15 is 0 Å². The normalized spacial score (nSPS) is 28.8. The number of carbonyl (C=O) groups excluding carboxylic acids is 2. The Morgan fingerprint density at radius 3 is 3.06 bits per heavy atom. The summed E-state index contributed by atoms with van der Waals surface area (Å²) in [6.45, 7) is 2.69. The van der Waals surface area contributed by atoms with Crippen LogP contribution in [-0.2, 0) is 14.3 Å². The van der Waals surface area contributed by atoms with E-state index in [1.807, 2.05) is 4.90 Å². The Balaban J connectivity index is 1.88. The molecule has 1 N–H and O–H groups in total. The Morgan fingerprint density at radius 1 is 1.62 bits per heavy atom. The van der Waals surface area contributed by atoms with Crippen molar-refractivity contribution in [1.29, 1.82) is 0 Å². The van der Waals surface area contributed by atoms with Crippen LogP contribution in [0, 0.1) is 5.41 Å². The summed E-state index contributed by atoms with van der Waals surface area (Å²) in [7, 11) is 1.60. The van der Waals surface area contributed by atoms with E-state index in [4.69, 9.17) is 4.74 Å². The van der Waals surface area contributed by atoms with E-state index in [1.165, 1.54) is 0 Å². The van der Waals surface area contributed by atoms with E-state index in [2.05, 4.69) is 5.32 Å². The molecule has 90 valence electrons. The van der Waals surface area contributed by atoms with Gasteiger partial charge in [0.2, 0.25) is 11.8 Å². The van der Waals surface area contributed by atoms with Crippen LogP contribution in [0.25, 0.3) is 0 Å². The summed E-state index contributed by atoms with van der Waals surface area (Å²) in [5.41, 5.74) is 0.0137. The predicted molar refractivity (Wildman–Crippen MR) is 57.7 cm³/mol. The third kappa shape index (κ3) is 2.19. The highest BCUT2D eigenvalue weighted by Crippen LogP contribution is 2.36. The third-order valence-corrected chi connectivity index (χ3v) is 3.51. The van der Waals surface area contributed by atoms with Gasteiger partial charge in [0.1, 0.15) is 0 Å². The molecule has 0 bridgehead atoms. The maximum atomic E-state index is 11.8. The predicted octanol–water partition coefficient (Wildman–Crippen LogP) is -0.238. The fourth-order valence-electron chi connectivity index (χ4n) is 2.54. The molecule has 2 aliphatic rings. The second kappa shape index (κ2) is 4.41. The van der Waals surface area contributed by atoms with Gasteiger partial charge in [0.05, 0.1) is 13.0 Å². The quantitative estimate of drug-likeness (QED) is 0.722. The van der Waals surface area contributed by atoms with Crippen molar-refractivity contribution in [2.24, 2.45) is 5.41 Å². The van der Waals surface area contributed by atoms with Gasteiger partial charge in [-0.25, -0.2) is 0 Å². The molecule has 0 saturated carbocycles. The first-order valence-electron chi connectivity index (χ1n) is 5.69. The van der Waals surface area contributed by atoms with Crippen LogP contribution < -0.4 is 5.32 Å². The van der Waals surface area contributed by atoms with Crippen molar-refractivity contribution in [3.8, 4) is 0 Å². The van der Waals surface area contributed by atoms with Gasteiger partial charge in [-0.1, -0.05) is 0 Å². The molecule has 5 nitrogen and oxygen atoms in total. The number of methoxy groups -OCH3 is 1. The van der Waals surface area contributed by atoms with Crippen molar-refractivity contribution >= 4 is 11.8 Å². The number of nitrogens with one attached hydrogen (secondary N) is 1. The molecular formula is C11H18N2O3. The average Bonchev–Trinajstić information content (AvgIpc) is 2.83. The number of carbonyl (C=O) groups is 2. The first kappa shape index (κ1) is 11.4. The van der Waals surface area contributed by atoms with Crippen molar-refractivity contribution in [2.75, 3.05) is 33.4 Å². The minimum atomic E-state index is 0.0137. The molecule has 5 heteroatoms. The molecule has 2 aliphatic heterocycles. The van der Waals surface area contributed by atoms with Gasteiger partial charge < -0.3 is 15.0 Å². The van der Waals surface area contributed by atoms with Crippen molar-refractivity contribution in [2.45, 2.75) is 19.3 Å². The van der Waals surface area contributed by atoms with Gasteiger partial charge in [0.25, 0.3) is 0 Å². The van der Waals surface area contributed by atoms with Crippen LogP contribution in [0.3, 0.4) is 0 Å². The summed E-state index contributed by atoms with van der Waals surface area (Å²) in [6.07, 6.45) is 1.94. The number of hydrogen-bond acceptors (Lipinski definition) is 3. The highest BCUT2D eigenvalue weighted by atomic mass is 16.5. The number of amides is 2. The van der Waals surface area contributed by atoms with Gasteiger partial charge in [0, 0.05) is 38.6 Å². The maximum absolute atomic E-state index is 11.8. The van der Waals surface area contributed by atoms with Gasteiger partial charge in [-0.2, -0.15) is 0 Å². The molecule has 0 aromatic carbocycles. The molecule has 1 unspecified atom stereocenters. The Bertz CT molecular complexity index is 306. The highest BCUT2D eigenvalue weighted by molar-refractivity contribution is 5.80. The summed E-state index contributed by atoms with van der Waals surface area (Å²) in [6, 6.07) is 0. The van der Waals surface area contributed by atoms with E-state index in [1.54, 1.807) is 7.11 Å². The maximum Gasteiger partial charge on any atom is 0.224 e. The lowest BCUT2D eigenvalue weighted by Crippen LogP contribution is -2.33. The SMILES string of the molecule is COCCC(=O)N1CCC2(CNC(=O)C2)C1. The van der Waals surface area contributed by atoms with Crippen LogP contribution in [0.2, 0.25) is 0 Å². The molecule has 2 rings (SSSR count). The monoisotopic (exact) mass is 226 g/mol.